The lowest BCUT2D eigenvalue weighted by Crippen LogP contribution is -2.45. The topological polar surface area (TPSA) is 123 Å². The lowest BCUT2D eigenvalue weighted by atomic mass is 10.0. The molecule has 3 rings (SSSR count). The molecule has 0 unspecified atom stereocenters. The molecule has 1 fully saturated rings. The molecule has 8 nitrogen and oxygen atoms in total. The Morgan fingerprint density at radius 3 is 2.92 bits per heavy atom. The third-order valence-corrected chi connectivity index (χ3v) is 5.09. The number of nitrogen functional groups attached to an aromatic ring is 1. The van der Waals surface area contributed by atoms with Crippen LogP contribution in [0.2, 0.25) is 0 Å². The smallest absolute Gasteiger partial charge is 0.231 e. The van der Waals surface area contributed by atoms with Gasteiger partial charge in [-0.3, -0.25) is 4.79 Å². The maximum absolute atomic E-state index is 12.1. The number of aryl methyl sites for hydroxylation is 1. The average Bonchev–Trinajstić information content (AvgIpc) is 3.27. The minimum Gasteiger partial charge on any atom is -0.469 e. The molecule has 1 aliphatic carbocycles. The maximum Gasteiger partial charge on any atom is 0.231 e. The molecule has 0 atom stereocenters. The summed E-state index contributed by atoms with van der Waals surface area (Å²) in [4.78, 5) is 12.1. The average molecular weight is 346 g/mol. The highest BCUT2D eigenvalue weighted by atomic mass is 32.2. The number of nitrogens with zero attached hydrogens (tertiary/aromatic N) is 4. The molecule has 24 heavy (non-hydrogen) atoms. The lowest BCUT2D eigenvalue weighted by Gasteiger charge is -2.21. The Morgan fingerprint density at radius 2 is 2.29 bits per heavy atom. The predicted molar refractivity (Wildman–Crippen MR) is 88.3 cm³/mol. The molecule has 0 saturated heterocycles. The lowest BCUT2D eigenvalue weighted by molar-refractivity contribution is -0.119. The van der Waals surface area contributed by atoms with Crippen LogP contribution in [0.3, 0.4) is 0 Å². The number of hydrogen-bond donors (Lipinski definition) is 2. The molecule has 2 heterocycles. The molecule has 2 aromatic heterocycles. The Kier molecular flexibility index (Phi) is 4.49. The van der Waals surface area contributed by atoms with Crippen molar-refractivity contribution >= 4 is 17.7 Å². The van der Waals surface area contributed by atoms with Gasteiger partial charge in [0, 0.05) is 0 Å². The van der Waals surface area contributed by atoms with Crippen molar-refractivity contribution < 1.29 is 9.21 Å². The van der Waals surface area contributed by atoms with E-state index in [0.717, 1.165) is 18.4 Å². The molecule has 0 aromatic carbocycles. The summed E-state index contributed by atoms with van der Waals surface area (Å²) in [5, 5.41) is 20.6. The third-order valence-electron chi connectivity index (χ3n) is 4.15. The second kappa shape index (κ2) is 6.57. The Morgan fingerprint density at radius 1 is 1.54 bits per heavy atom. The van der Waals surface area contributed by atoms with Gasteiger partial charge in [0.05, 0.1) is 23.6 Å². The van der Waals surface area contributed by atoms with Crippen LogP contribution in [0, 0.1) is 18.3 Å². The first-order valence-corrected chi connectivity index (χ1v) is 8.63. The van der Waals surface area contributed by atoms with E-state index < -0.39 is 5.54 Å². The fourth-order valence-corrected chi connectivity index (χ4v) is 3.51. The van der Waals surface area contributed by atoms with Crippen LogP contribution in [-0.4, -0.2) is 32.1 Å². The van der Waals surface area contributed by atoms with Gasteiger partial charge in [-0.15, -0.1) is 10.2 Å². The second-order valence-corrected chi connectivity index (χ2v) is 6.75. The number of nitrogens with one attached hydrogen (secondary N) is 1. The van der Waals surface area contributed by atoms with E-state index in [4.69, 9.17) is 10.3 Å². The Bertz CT molecular complexity index is 784. The molecule has 0 aliphatic heterocycles. The number of thioether (sulfide) groups is 1. The largest absolute Gasteiger partial charge is 0.469 e. The number of aromatic nitrogens is 3. The van der Waals surface area contributed by atoms with Crippen LogP contribution in [0.4, 0.5) is 0 Å². The summed E-state index contributed by atoms with van der Waals surface area (Å²) >= 11 is 1.18. The van der Waals surface area contributed by atoms with Gasteiger partial charge in [-0.1, -0.05) is 11.8 Å². The van der Waals surface area contributed by atoms with E-state index >= 15 is 0 Å². The SMILES string of the molecule is Cc1occc1-c1nnc(SCC(=O)NC2(C#N)CCCC2)n1N. The van der Waals surface area contributed by atoms with Gasteiger partial charge < -0.3 is 15.6 Å². The minimum atomic E-state index is -0.715. The third kappa shape index (κ3) is 3.10. The van der Waals surface area contributed by atoms with E-state index in [1.807, 2.05) is 6.92 Å². The van der Waals surface area contributed by atoms with Crippen molar-refractivity contribution in [2.24, 2.45) is 0 Å². The summed E-state index contributed by atoms with van der Waals surface area (Å²) < 4.78 is 6.58. The molecule has 126 valence electrons. The van der Waals surface area contributed by atoms with Gasteiger partial charge in [0.25, 0.3) is 0 Å². The summed E-state index contributed by atoms with van der Waals surface area (Å²) in [6.45, 7) is 1.81. The molecule has 1 saturated carbocycles. The van der Waals surface area contributed by atoms with Gasteiger partial charge in [0.1, 0.15) is 11.3 Å². The van der Waals surface area contributed by atoms with Crippen molar-refractivity contribution in [1.29, 1.82) is 5.26 Å². The number of amides is 1. The van der Waals surface area contributed by atoms with Gasteiger partial charge in [-0.2, -0.15) is 5.26 Å². The van der Waals surface area contributed by atoms with Crippen molar-refractivity contribution in [1.82, 2.24) is 20.2 Å². The maximum atomic E-state index is 12.1. The molecule has 0 radical (unpaired) electrons. The Labute approximate surface area is 143 Å². The summed E-state index contributed by atoms with van der Waals surface area (Å²) in [5.41, 5.74) is 0.0447. The number of nitriles is 1. The standard InChI is InChI=1S/C15H18N6O2S/c1-10-11(4-7-23-10)13-19-20-14(21(13)17)24-8-12(22)18-15(9-16)5-2-3-6-15/h4,7H,2-3,5-6,8,17H2,1H3,(H,18,22). The van der Waals surface area contributed by atoms with E-state index in [9.17, 15) is 10.1 Å². The number of carbonyl (C=O) groups excluding carboxylic acids is 1. The van der Waals surface area contributed by atoms with Crippen LogP contribution in [0.1, 0.15) is 31.4 Å². The molecular formula is C15H18N6O2S. The van der Waals surface area contributed by atoms with Gasteiger partial charge >= 0.3 is 0 Å². The van der Waals surface area contributed by atoms with Gasteiger partial charge in [-0.25, -0.2) is 4.68 Å². The van der Waals surface area contributed by atoms with Crippen molar-refractivity contribution in [2.45, 2.75) is 43.3 Å². The first-order valence-electron chi connectivity index (χ1n) is 7.65. The Hall–Kier alpha value is -2.47. The molecule has 9 heteroatoms. The van der Waals surface area contributed by atoms with E-state index in [0.29, 0.717) is 29.6 Å². The quantitative estimate of drug-likeness (QED) is 0.622. The highest BCUT2D eigenvalue weighted by molar-refractivity contribution is 7.99. The van der Waals surface area contributed by atoms with Crippen LogP contribution in [0.15, 0.2) is 21.9 Å². The number of rotatable bonds is 5. The van der Waals surface area contributed by atoms with Crippen molar-refractivity contribution in [3.8, 4) is 17.5 Å². The molecule has 0 bridgehead atoms. The van der Waals surface area contributed by atoms with Gasteiger partial charge in [-0.05, 0) is 38.7 Å². The first-order chi connectivity index (χ1) is 11.5. The molecule has 0 spiro atoms. The minimum absolute atomic E-state index is 0.128. The van der Waals surface area contributed by atoms with Crippen molar-refractivity contribution in [3.63, 3.8) is 0 Å². The molecular weight excluding hydrogens is 328 g/mol. The fraction of sp³-hybridized carbons (Fsp3) is 0.467. The second-order valence-electron chi connectivity index (χ2n) is 5.80. The summed E-state index contributed by atoms with van der Waals surface area (Å²) in [5.74, 6) is 7.11. The van der Waals surface area contributed by atoms with Gasteiger partial charge in [0.2, 0.25) is 11.1 Å². The first kappa shape index (κ1) is 16.4. The zero-order valence-corrected chi connectivity index (χ0v) is 14.1. The van der Waals surface area contributed by atoms with E-state index in [1.165, 1.54) is 16.4 Å². The predicted octanol–water partition coefficient (Wildman–Crippen LogP) is 1.60. The normalized spacial score (nSPS) is 16.0. The monoisotopic (exact) mass is 346 g/mol. The molecule has 1 amide bonds. The number of carbonyl (C=O) groups is 1. The molecule has 3 N–H and O–H groups in total. The molecule has 1 aliphatic rings. The van der Waals surface area contributed by atoms with Crippen molar-refractivity contribution in [2.75, 3.05) is 11.6 Å². The van der Waals surface area contributed by atoms with Crippen LogP contribution >= 0.6 is 11.8 Å². The number of furan rings is 1. The van der Waals surface area contributed by atoms with Crippen LogP contribution < -0.4 is 11.2 Å². The summed E-state index contributed by atoms with van der Waals surface area (Å²) in [6.07, 6.45) is 4.90. The van der Waals surface area contributed by atoms with Crippen LogP contribution in [0.5, 0.6) is 0 Å². The zero-order chi connectivity index (χ0) is 17.2. The van der Waals surface area contributed by atoms with Crippen LogP contribution in [-0.2, 0) is 4.79 Å². The van der Waals surface area contributed by atoms with E-state index in [-0.39, 0.29) is 11.7 Å². The number of hydrogen-bond acceptors (Lipinski definition) is 7. The van der Waals surface area contributed by atoms with Crippen LogP contribution in [0.25, 0.3) is 11.4 Å². The number of nitrogens with two attached hydrogens (primary N) is 1. The molecule has 2 aromatic rings. The van der Waals surface area contributed by atoms with Crippen molar-refractivity contribution in [3.05, 3.63) is 18.1 Å². The zero-order valence-electron chi connectivity index (χ0n) is 13.3. The highest BCUT2D eigenvalue weighted by Crippen LogP contribution is 2.29. The summed E-state index contributed by atoms with van der Waals surface area (Å²) in [7, 11) is 0. The highest BCUT2D eigenvalue weighted by Gasteiger charge is 2.35. The summed E-state index contributed by atoms with van der Waals surface area (Å²) in [6, 6.07) is 4.00. The van der Waals surface area contributed by atoms with Gasteiger partial charge in [0.15, 0.2) is 5.82 Å². The Balaban J connectivity index is 1.63. The van der Waals surface area contributed by atoms with E-state index in [1.54, 1.807) is 12.3 Å². The fourth-order valence-electron chi connectivity index (χ4n) is 2.85. The van der Waals surface area contributed by atoms with E-state index in [2.05, 4.69) is 21.6 Å².